The Morgan fingerprint density at radius 2 is 2.23 bits per heavy atom. The summed E-state index contributed by atoms with van der Waals surface area (Å²) in [7, 11) is 0. The van der Waals surface area contributed by atoms with Crippen molar-refractivity contribution in [3.8, 4) is 0 Å². The molecule has 0 radical (unpaired) electrons. The van der Waals surface area contributed by atoms with Crippen molar-refractivity contribution in [2.75, 3.05) is 0 Å². The summed E-state index contributed by atoms with van der Waals surface area (Å²) in [6.07, 6.45) is -2.51. The van der Waals surface area contributed by atoms with Crippen LogP contribution in [0.4, 0.5) is 8.78 Å². The van der Waals surface area contributed by atoms with Crippen LogP contribution in [0.3, 0.4) is 0 Å². The van der Waals surface area contributed by atoms with Crippen LogP contribution >= 0.6 is 50.1 Å². The van der Waals surface area contributed by atoms with Crippen LogP contribution in [0.25, 0.3) is 0 Å². The first kappa shape index (κ1) is 11.6. The van der Waals surface area contributed by atoms with Crippen molar-refractivity contribution in [1.29, 1.82) is 0 Å². The van der Waals surface area contributed by atoms with Gasteiger partial charge in [-0.05, 0) is 28.7 Å². The molecule has 1 nitrogen and oxygen atoms in total. The number of pyridine rings is 1. The molecule has 6 heteroatoms. The Hall–Kier alpha value is 0.510. The van der Waals surface area contributed by atoms with E-state index in [-0.39, 0.29) is 16.0 Å². The molecule has 0 saturated carbocycles. The highest BCUT2D eigenvalue weighted by Gasteiger charge is 2.18. The van der Waals surface area contributed by atoms with E-state index >= 15 is 0 Å². The first-order chi connectivity index (χ1) is 6.06. The van der Waals surface area contributed by atoms with Crippen LogP contribution in [0, 0.1) is 3.57 Å². The Labute approximate surface area is 101 Å². The standard InChI is InChI=1S/C7H4BrClF2IN/c8-2-4-6(7(10)11)3(12)1-5(9)13-4/h1,7H,2H2. The largest absolute Gasteiger partial charge is 0.266 e. The molecule has 0 bridgehead atoms. The molecule has 0 N–H and O–H groups in total. The van der Waals surface area contributed by atoms with E-state index in [0.717, 1.165) is 0 Å². The minimum absolute atomic E-state index is 0.0399. The molecule has 0 aliphatic carbocycles. The molecule has 13 heavy (non-hydrogen) atoms. The van der Waals surface area contributed by atoms with Gasteiger partial charge in [0.05, 0.1) is 11.3 Å². The van der Waals surface area contributed by atoms with E-state index < -0.39 is 6.43 Å². The molecule has 0 aliphatic heterocycles. The van der Waals surface area contributed by atoms with Crippen LogP contribution in [-0.2, 0) is 5.33 Å². The molecule has 0 atom stereocenters. The monoisotopic (exact) mass is 381 g/mol. The Morgan fingerprint density at radius 1 is 1.62 bits per heavy atom. The predicted octanol–water partition coefficient (Wildman–Crippen LogP) is 4.17. The molecule has 0 saturated heterocycles. The first-order valence-electron chi connectivity index (χ1n) is 3.25. The molecule has 1 rings (SSSR count). The molecule has 72 valence electrons. The van der Waals surface area contributed by atoms with Crippen molar-refractivity contribution in [3.05, 3.63) is 26.0 Å². The maximum atomic E-state index is 12.5. The van der Waals surface area contributed by atoms with Crippen LogP contribution < -0.4 is 0 Å². The lowest BCUT2D eigenvalue weighted by molar-refractivity contribution is 0.149. The zero-order valence-corrected chi connectivity index (χ0v) is 10.7. The van der Waals surface area contributed by atoms with Crippen LogP contribution in [0.15, 0.2) is 6.07 Å². The van der Waals surface area contributed by atoms with Crippen molar-refractivity contribution in [1.82, 2.24) is 4.98 Å². The van der Waals surface area contributed by atoms with Gasteiger partial charge in [0, 0.05) is 8.90 Å². The minimum atomic E-state index is -2.51. The fourth-order valence-corrected chi connectivity index (χ4v) is 2.54. The van der Waals surface area contributed by atoms with Gasteiger partial charge in [0.2, 0.25) is 0 Å². The van der Waals surface area contributed by atoms with Gasteiger partial charge in [-0.15, -0.1) is 0 Å². The summed E-state index contributed by atoms with van der Waals surface area (Å²) in [5.41, 5.74) is 0.258. The average molecular weight is 382 g/mol. The van der Waals surface area contributed by atoms with Crippen molar-refractivity contribution < 1.29 is 8.78 Å². The topological polar surface area (TPSA) is 12.9 Å². The molecular weight excluding hydrogens is 378 g/mol. The fourth-order valence-electron chi connectivity index (χ4n) is 0.874. The van der Waals surface area contributed by atoms with Crippen LogP contribution in [0.5, 0.6) is 0 Å². The summed E-state index contributed by atoms with van der Waals surface area (Å²) in [6, 6.07) is 1.43. The second kappa shape index (κ2) is 4.84. The number of hydrogen-bond donors (Lipinski definition) is 0. The molecular formula is C7H4BrClF2IN. The lowest BCUT2D eigenvalue weighted by Gasteiger charge is -2.08. The number of nitrogens with zero attached hydrogens (tertiary/aromatic N) is 1. The van der Waals surface area contributed by atoms with E-state index in [9.17, 15) is 8.78 Å². The summed E-state index contributed by atoms with van der Waals surface area (Å²) < 4.78 is 25.4. The van der Waals surface area contributed by atoms with Crippen molar-refractivity contribution in [2.24, 2.45) is 0 Å². The Kier molecular flexibility index (Phi) is 4.31. The van der Waals surface area contributed by atoms with Crippen LogP contribution in [-0.4, -0.2) is 4.98 Å². The van der Waals surface area contributed by atoms with Gasteiger partial charge < -0.3 is 0 Å². The van der Waals surface area contributed by atoms with Gasteiger partial charge >= 0.3 is 0 Å². The second-order valence-corrected chi connectivity index (χ2v) is 4.33. The smallest absolute Gasteiger partial charge is 0.240 e. The van der Waals surface area contributed by atoms with E-state index in [0.29, 0.717) is 9.26 Å². The summed E-state index contributed by atoms with van der Waals surface area (Å²) in [5, 5.41) is 0.520. The van der Waals surface area contributed by atoms with E-state index in [4.69, 9.17) is 11.6 Å². The van der Waals surface area contributed by atoms with Gasteiger partial charge in [0.25, 0.3) is 6.43 Å². The van der Waals surface area contributed by atoms with E-state index in [1.54, 1.807) is 0 Å². The van der Waals surface area contributed by atoms with Gasteiger partial charge in [-0.2, -0.15) is 0 Å². The molecule has 0 aliphatic rings. The molecule has 0 spiro atoms. The lowest BCUT2D eigenvalue weighted by Crippen LogP contribution is -1.99. The lowest BCUT2D eigenvalue weighted by atomic mass is 10.2. The van der Waals surface area contributed by atoms with Crippen molar-refractivity contribution >= 4 is 50.1 Å². The number of halogens is 5. The quantitative estimate of drug-likeness (QED) is 0.425. The van der Waals surface area contributed by atoms with E-state index in [1.807, 2.05) is 22.6 Å². The fraction of sp³-hybridized carbons (Fsp3) is 0.286. The molecule has 0 amide bonds. The number of hydrogen-bond acceptors (Lipinski definition) is 1. The van der Waals surface area contributed by atoms with Crippen LogP contribution in [0.1, 0.15) is 17.7 Å². The van der Waals surface area contributed by atoms with E-state index in [1.165, 1.54) is 6.07 Å². The molecule has 0 unspecified atom stereocenters. The average Bonchev–Trinajstić information content (AvgIpc) is 2.01. The van der Waals surface area contributed by atoms with Crippen molar-refractivity contribution in [2.45, 2.75) is 11.8 Å². The highest BCUT2D eigenvalue weighted by molar-refractivity contribution is 14.1. The third-order valence-corrected chi connectivity index (χ3v) is 3.02. The highest BCUT2D eigenvalue weighted by Crippen LogP contribution is 2.29. The van der Waals surface area contributed by atoms with E-state index in [2.05, 4.69) is 20.9 Å². The Bertz CT molecular complexity index is 322. The Balaban J connectivity index is 3.30. The van der Waals surface area contributed by atoms with Gasteiger partial charge in [-0.3, -0.25) is 0 Å². The van der Waals surface area contributed by atoms with Crippen molar-refractivity contribution in [3.63, 3.8) is 0 Å². The molecule has 1 aromatic rings. The third-order valence-electron chi connectivity index (χ3n) is 1.40. The zero-order chi connectivity index (χ0) is 10.0. The third kappa shape index (κ3) is 2.73. The normalized spacial score (nSPS) is 10.9. The SMILES string of the molecule is FC(F)c1c(I)cc(Cl)nc1CBr. The summed E-state index contributed by atoms with van der Waals surface area (Å²) in [5.74, 6) is 0. The molecule has 0 fully saturated rings. The van der Waals surface area contributed by atoms with Gasteiger partial charge in [0.15, 0.2) is 0 Å². The van der Waals surface area contributed by atoms with Gasteiger partial charge in [-0.1, -0.05) is 27.5 Å². The maximum Gasteiger partial charge on any atom is 0.266 e. The summed E-state index contributed by atoms with van der Waals surface area (Å²) in [6.45, 7) is 0. The van der Waals surface area contributed by atoms with Gasteiger partial charge in [0.1, 0.15) is 5.15 Å². The summed E-state index contributed by atoms with van der Waals surface area (Å²) >= 11 is 10.5. The maximum absolute atomic E-state index is 12.5. The summed E-state index contributed by atoms with van der Waals surface area (Å²) in [4.78, 5) is 3.81. The molecule has 1 heterocycles. The Morgan fingerprint density at radius 3 is 2.69 bits per heavy atom. The van der Waals surface area contributed by atoms with Crippen LogP contribution in [0.2, 0.25) is 5.15 Å². The number of alkyl halides is 3. The second-order valence-electron chi connectivity index (χ2n) is 2.22. The zero-order valence-electron chi connectivity index (χ0n) is 6.20. The number of rotatable bonds is 2. The molecule has 1 aromatic heterocycles. The predicted molar refractivity (Wildman–Crippen MR) is 59.6 cm³/mol. The van der Waals surface area contributed by atoms with Gasteiger partial charge in [-0.25, -0.2) is 13.8 Å². The minimum Gasteiger partial charge on any atom is -0.240 e. The first-order valence-corrected chi connectivity index (χ1v) is 5.83. The highest BCUT2D eigenvalue weighted by atomic mass is 127. The number of aromatic nitrogens is 1. The molecule has 0 aromatic carbocycles.